The second-order valence-corrected chi connectivity index (χ2v) is 10.1. The van der Waals surface area contributed by atoms with Gasteiger partial charge in [-0.3, -0.25) is 0 Å². The third-order valence-corrected chi connectivity index (χ3v) is 8.33. The summed E-state index contributed by atoms with van der Waals surface area (Å²) in [5.41, 5.74) is 2.95. The van der Waals surface area contributed by atoms with Crippen molar-refractivity contribution in [3.05, 3.63) is 53.9 Å². The van der Waals surface area contributed by atoms with Gasteiger partial charge >= 0.3 is 0 Å². The number of hydrogen-bond acceptors (Lipinski definition) is 1. The van der Waals surface area contributed by atoms with Gasteiger partial charge in [-0.1, -0.05) is 18.2 Å². The first-order valence-corrected chi connectivity index (χ1v) is 11.8. The molecule has 0 bridgehead atoms. The lowest BCUT2D eigenvalue weighted by molar-refractivity contribution is 0.478. The van der Waals surface area contributed by atoms with Gasteiger partial charge in [0.15, 0.2) is 0 Å². The van der Waals surface area contributed by atoms with Crippen LogP contribution in [0.25, 0.3) is 38.0 Å². The predicted molar refractivity (Wildman–Crippen MR) is 110 cm³/mol. The van der Waals surface area contributed by atoms with E-state index < -0.39 is 14.1 Å². The number of nitrogens with one attached hydrogen (secondary N) is 2. The number of rotatable bonds is 1. The number of hydrogen-bond donors (Lipinski definition) is 3. The van der Waals surface area contributed by atoms with Gasteiger partial charge in [-0.25, -0.2) is 0 Å². The van der Waals surface area contributed by atoms with Gasteiger partial charge in [0.1, 0.15) is 0 Å². The summed E-state index contributed by atoms with van der Waals surface area (Å²) in [6.45, 7) is 1.96. The molecule has 0 radical (unpaired) electrons. The van der Waals surface area contributed by atoms with E-state index >= 15 is 0 Å². The minimum absolute atomic E-state index is 0.939. The third kappa shape index (κ3) is 2.44. The van der Waals surface area contributed by atoms with Crippen molar-refractivity contribution in [1.29, 1.82) is 0 Å². The minimum Gasteiger partial charge on any atom is -0.516 e. The molecule has 4 aromatic rings. The fourth-order valence-corrected chi connectivity index (χ4v) is 6.91. The van der Waals surface area contributed by atoms with Gasteiger partial charge in [-0.2, -0.15) is 0 Å². The smallest absolute Gasteiger partial charge is 0.0798 e. The summed E-state index contributed by atoms with van der Waals surface area (Å²) in [6.07, 6.45) is 2.75. The first kappa shape index (κ1) is 16.0. The highest BCUT2D eigenvalue weighted by atomic mass is 35.7. The Morgan fingerprint density at radius 3 is 2.42 bits per heavy atom. The Kier molecular flexibility index (Phi) is 4.06. The fraction of sp³-hybridized carbons (Fsp3) is 0.0588. The molecule has 2 unspecified atom stereocenters. The van der Waals surface area contributed by atoms with Crippen molar-refractivity contribution >= 4 is 74.6 Å². The molecule has 122 valence electrons. The quantitative estimate of drug-likeness (QED) is 0.172. The number of para-hydroxylation sites is 1. The van der Waals surface area contributed by atoms with Crippen LogP contribution in [0.1, 0.15) is 11.3 Å². The van der Waals surface area contributed by atoms with E-state index in [0.717, 1.165) is 49.4 Å². The zero-order valence-corrected chi connectivity index (χ0v) is 16.0. The number of aryl methyl sites for hydroxylation is 1. The van der Waals surface area contributed by atoms with Gasteiger partial charge in [0.25, 0.3) is 0 Å². The number of halogens is 2. The monoisotopic (exact) mass is 394 g/mol. The molecule has 24 heavy (non-hydrogen) atoms. The summed E-state index contributed by atoms with van der Waals surface area (Å²) >= 11 is 13.2. The van der Waals surface area contributed by atoms with Crippen LogP contribution in [0, 0.1) is 6.92 Å². The molecule has 0 aliphatic rings. The van der Waals surface area contributed by atoms with Gasteiger partial charge in [-0.05, 0) is 64.5 Å². The highest BCUT2D eigenvalue weighted by Gasteiger charge is 2.12. The summed E-state index contributed by atoms with van der Waals surface area (Å²) in [5, 5.41) is 14.7. The number of aromatic nitrogens is 2. The molecule has 7 heteroatoms. The Morgan fingerprint density at radius 1 is 0.958 bits per heavy atom. The standard InChI is InChI=1S/C17H14Cl2N2OP2/c1-10-11(6-7-22)13-8-17-14(9-16(13)23(18)20-10)12-4-2-3-5-15(12)21-24(17)19/h2-9,20-22H,1H3/b7-6-. The molecular formula is C17H14Cl2N2OP2. The molecule has 0 amide bonds. The molecule has 2 heterocycles. The summed E-state index contributed by atoms with van der Waals surface area (Å²) in [5.74, 6) is 0. The average Bonchev–Trinajstić information content (AvgIpc) is 2.58. The van der Waals surface area contributed by atoms with E-state index in [4.69, 9.17) is 22.5 Å². The zero-order chi connectivity index (χ0) is 16.8. The van der Waals surface area contributed by atoms with Crippen molar-refractivity contribution in [1.82, 2.24) is 9.49 Å². The molecule has 2 aromatic heterocycles. The van der Waals surface area contributed by atoms with E-state index in [2.05, 4.69) is 27.7 Å². The lowest BCUT2D eigenvalue weighted by Crippen LogP contribution is -1.88. The van der Waals surface area contributed by atoms with E-state index in [1.165, 1.54) is 0 Å². The maximum Gasteiger partial charge on any atom is 0.0798 e. The topological polar surface area (TPSA) is 51.8 Å². The molecule has 0 saturated heterocycles. The zero-order valence-electron chi connectivity index (χ0n) is 12.7. The summed E-state index contributed by atoms with van der Waals surface area (Å²) in [6, 6.07) is 12.4. The first-order chi connectivity index (χ1) is 11.6. The highest BCUT2D eigenvalue weighted by Crippen LogP contribution is 2.48. The summed E-state index contributed by atoms with van der Waals surface area (Å²) in [4.78, 5) is 0. The van der Waals surface area contributed by atoms with E-state index in [1.54, 1.807) is 6.08 Å². The number of aliphatic hydroxyl groups excluding tert-OH is 1. The predicted octanol–water partition coefficient (Wildman–Crippen LogP) is 7.74. The third-order valence-electron chi connectivity index (χ3n) is 4.17. The molecule has 2 atom stereocenters. The Balaban J connectivity index is 2.27. The van der Waals surface area contributed by atoms with Crippen LogP contribution in [-0.4, -0.2) is 14.6 Å². The van der Waals surface area contributed by atoms with Crippen LogP contribution >= 0.6 is 36.6 Å². The van der Waals surface area contributed by atoms with Crippen molar-refractivity contribution in [2.24, 2.45) is 0 Å². The van der Waals surface area contributed by atoms with Crippen LogP contribution < -0.4 is 0 Å². The normalized spacial score (nSPS) is 13.5. The molecule has 0 saturated carbocycles. The fourth-order valence-electron chi connectivity index (χ4n) is 3.07. The molecular weight excluding hydrogens is 381 g/mol. The largest absolute Gasteiger partial charge is 0.516 e. The molecule has 0 fully saturated rings. The van der Waals surface area contributed by atoms with Gasteiger partial charge in [0, 0.05) is 32.4 Å². The second kappa shape index (κ2) is 6.10. The Hall–Kier alpha value is -1.50. The number of benzene rings is 2. The van der Waals surface area contributed by atoms with Crippen LogP contribution in [-0.2, 0) is 0 Å². The first-order valence-electron chi connectivity index (χ1n) is 7.34. The van der Waals surface area contributed by atoms with E-state index in [-0.39, 0.29) is 0 Å². The van der Waals surface area contributed by atoms with Gasteiger partial charge in [0.05, 0.1) is 20.4 Å². The van der Waals surface area contributed by atoms with Crippen LogP contribution in [0.15, 0.2) is 42.7 Å². The maximum atomic E-state index is 9.24. The van der Waals surface area contributed by atoms with Crippen molar-refractivity contribution in [2.75, 3.05) is 0 Å². The molecule has 0 aliphatic carbocycles. The number of aliphatic hydroxyl groups is 1. The number of fused-ring (bicyclic) bond motifs is 4. The maximum absolute atomic E-state index is 9.24. The lowest BCUT2D eigenvalue weighted by Gasteiger charge is -2.13. The van der Waals surface area contributed by atoms with Crippen molar-refractivity contribution in [3.63, 3.8) is 0 Å². The minimum atomic E-state index is -1.01. The van der Waals surface area contributed by atoms with E-state index in [0.29, 0.717) is 0 Å². The average molecular weight is 395 g/mol. The van der Waals surface area contributed by atoms with Crippen molar-refractivity contribution < 1.29 is 5.11 Å². The van der Waals surface area contributed by atoms with E-state index in [1.807, 2.05) is 25.1 Å². The van der Waals surface area contributed by atoms with Crippen LogP contribution in [0.3, 0.4) is 0 Å². The highest BCUT2D eigenvalue weighted by molar-refractivity contribution is 7.79. The molecule has 0 spiro atoms. The van der Waals surface area contributed by atoms with Crippen LogP contribution in [0.5, 0.6) is 0 Å². The van der Waals surface area contributed by atoms with Crippen molar-refractivity contribution in [2.45, 2.75) is 6.92 Å². The molecule has 2 aromatic carbocycles. The van der Waals surface area contributed by atoms with Gasteiger partial charge in [0.2, 0.25) is 0 Å². The lowest BCUT2D eigenvalue weighted by atomic mass is 10.1. The number of aromatic amines is 2. The molecule has 4 rings (SSSR count). The SMILES string of the molecule is Cc1[nH]p(Cl)c2cc3c4ccccc4[nH]p(Cl)c3cc2c1/C=C\O. The second-order valence-electron chi connectivity index (χ2n) is 5.57. The number of H-pyrrole nitrogens is 2. The Morgan fingerprint density at radius 2 is 1.62 bits per heavy atom. The molecule has 3 nitrogen and oxygen atoms in total. The van der Waals surface area contributed by atoms with E-state index in [9.17, 15) is 5.11 Å². The Labute approximate surface area is 150 Å². The summed E-state index contributed by atoms with van der Waals surface area (Å²) < 4.78 is 6.71. The molecule has 0 aliphatic heterocycles. The Bertz CT molecular complexity index is 1160. The van der Waals surface area contributed by atoms with Gasteiger partial charge < -0.3 is 14.6 Å². The van der Waals surface area contributed by atoms with Crippen LogP contribution in [0.2, 0.25) is 0 Å². The van der Waals surface area contributed by atoms with Crippen LogP contribution in [0.4, 0.5) is 0 Å². The van der Waals surface area contributed by atoms with Crippen molar-refractivity contribution in [3.8, 4) is 0 Å². The summed E-state index contributed by atoms with van der Waals surface area (Å²) in [7, 11) is -2.02. The van der Waals surface area contributed by atoms with Gasteiger partial charge in [-0.15, -0.1) is 0 Å². The molecule has 3 N–H and O–H groups in total.